The molecular weight excluding hydrogens is 472 g/mol. The number of benzene rings is 2. The average Bonchev–Trinajstić information content (AvgIpc) is 2.83. The highest BCUT2D eigenvalue weighted by atomic mass is 16.7. The first-order valence-corrected chi connectivity index (χ1v) is 11.2. The fourth-order valence-electron chi connectivity index (χ4n) is 3.93. The zero-order valence-corrected chi connectivity index (χ0v) is 20.6. The van der Waals surface area contributed by atoms with Gasteiger partial charge in [0.05, 0.1) is 18.8 Å². The third kappa shape index (κ3) is 6.39. The summed E-state index contributed by atoms with van der Waals surface area (Å²) >= 11 is 0. The van der Waals surface area contributed by atoms with Crippen LogP contribution >= 0.6 is 0 Å². The number of methoxy groups -OCH3 is 1. The van der Waals surface area contributed by atoms with Gasteiger partial charge in [0.15, 0.2) is 12.2 Å². The van der Waals surface area contributed by atoms with Gasteiger partial charge < -0.3 is 28.4 Å². The molecule has 0 radical (unpaired) electrons. The summed E-state index contributed by atoms with van der Waals surface area (Å²) in [6.45, 7) is 5.21. The van der Waals surface area contributed by atoms with Crippen LogP contribution in [0.5, 0.6) is 5.75 Å². The minimum atomic E-state index is -1.25. The van der Waals surface area contributed by atoms with E-state index in [2.05, 4.69) is 0 Å². The lowest BCUT2D eigenvalue weighted by Gasteiger charge is -2.43. The molecule has 10 heteroatoms. The standard InChI is InChI=1S/C26H28O10/c1-14-22(33-15(2)27)23(34-16(3)28)24(35-17(4)29)26(32-14)36-21-12-7-6-11-20(21)18-9-8-10-19(13-18)25(30)31-5/h6-14,22-24,26H,1-5H3/t14-,22+,23+,24-,26-/m0/s1. The van der Waals surface area contributed by atoms with E-state index in [9.17, 15) is 19.2 Å². The van der Waals surface area contributed by atoms with Crippen LogP contribution in [0.15, 0.2) is 48.5 Å². The third-order valence-electron chi connectivity index (χ3n) is 5.36. The Morgan fingerprint density at radius 3 is 2.03 bits per heavy atom. The van der Waals surface area contributed by atoms with Gasteiger partial charge in [-0.1, -0.05) is 30.3 Å². The lowest BCUT2D eigenvalue weighted by molar-refractivity contribution is -0.280. The number of hydrogen-bond acceptors (Lipinski definition) is 10. The lowest BCUT2D eigenvalue weighted by Crippen LogP contribution is -2.62. The van der Waals surface area contributed by atoms with Gasteiger partial charge in [0.1, 0.15) is 5.75 Å². The minimum absolute atomic E-state index is 0.348. The first-order chi connectivity index (χ1) is 17.1. The molecule has 1 saturated heterocycles. The van der Waals surface area contributed by atoms with Crippen molar-refractivity contribution in [1.29, 1.82) is 0 Å². The van der Waals surface area contributed by atoms with Crippen LogP contribution in [0, 0.1) is 0 Å². The Labute approximate surface area is 208 Å². The topological polar surface area (TPSA) is 124 Å². The Kier molecular flexibility index (Phi) is 8.65. The van der Waals surface area contributed by atoms with Crippen LogP contribution < -0.4 is 4.74 Å². The Balaban J connectivity index is 2.00. The van der Waals surface area contributed by atoms with Crippen molar-refractivity contribution in [3.8, 4) is 16.9 Å². The molecule has 36 heavy (non-hydrogen) atoms. The fourth-order valence-corrected chi connectivity index (χ4v) is 3.93. The molecule has 2 aromatic rings. The van der Waals surface area contributed by atoms with Crippen LogP contribution in [0.2, 0.25) is 0 Å². The molecule has 5 atom stereocenters. The van der Waals surface area contributed by atoms with E-state index in [-0.39, 0.29) is 0 Å². The Bertz CT molecular complexity index is 1130. The molecule has 1 heterocycles. The maximum Gasteiger partial charge on any atom is 0.337 e. The second-order valence-corrected chi connectivity index (χ2v) is 8.12. The summed E-state index contributed by atoms with van der Waals surface area (Å²) in [5.74, 6) is -2.10. The highest BCUT2D eigenvalue weighted by Gasteiger charge is 2.51. The molecule has 1 fully saturated rings. The zero-order valence-electron chi connectivity index (χ0n) is 20.6. The molecule has 0 aromatic heterocycles. The van der Waals surface area contributed by atoms with Crippen LogP contribution in [-0.4, -0.2) is 61.7 Å². The second-order valence-electron chi connectivity index (χ2n) is 8.12. The Morgan fingerprint density at radius 2 is 1.39 bits per heavy atom. The molecule has 3 rings (SSSR count). The molecule has 0 N–H and O–H groups in total. The molecule has 0 unspecified atom stereocenters. The normalized spacial score (nSPS) is 23.2. The van der Waals surface area contributed by atoms with Crippen molar-refractivity contribution in [2.45, 2.75) is 58.4 Å². The van der Waals surface area contributed by atoms with Gasteiger partial charge in [-0.25, -0.2) is 4.79 Å². The summed E-state index contributed by atoms with van der Waals surface area (Å²) in [5, 5.41) is 0. The van der Waals surface area contributed by atoms with Crippen LogP contribution in [0.3, 0.4) is 0 Å². The largest absolute Gasteiger partial charge is 0.465 e. The Morgan fingerprint density at radius 1 is 0.778 bits per heavy atom. The molecule has 0 spiro atoms. The molecule has 0 amide bonds. The number of carbonyl (C=O) groups excluding carboxylic acids is 4. The summed E-state index contributed by atoms with van der Waals surface area (Å²) in [5.41, 5.74) is 1.63. The number of rotatable bonds is 7. The molecule has 2 aromatic carbocycles. The zero-order chi connectivity index (χ0) is 26.4. The van der Waals surface area contributed by atoms with Crippen molar-refractivity contribution >= 4 is 23.9 Å². The minimum Gasteiger partial charge on any atom is -0.465 e. The SMILES string of the molecule is COC(=O)c1cccc(-c2ccccc2O[C@@H]2O[C@@H](C)[C@@H](OC(C)=O)[C@@H](OC(C)=O)[C@@H]2OC(C)=O)c1. The van der Waals surface area contributed by atoms with Gasteiger partial charge in [-0.2, -0.15) is 0 Å². The van der Waals surface area contributed by atoms with E-state index in [1.807, 2.05) is 0 Å². The van der Waals surface area contributed by atoms with Crippen molar-refractivity contribution in [1.82, 2.24) is 0 Å². The van der Waals surface area contributed by atoms with E-state index in [1.54, 1.807) is 55.5 Å². The first-order valence-electron chi connectivity index (χ1n) is 11.2. The van der Waals surface area contributed by atoms with Gasteiger partial charge in [-0.15, -0.1) is 0 Å². The van der Waals surface area contributed by atoms with Gasteiger partial charge in [0, 0.05) is 26.3 Å². The van der Waals surface area contributed by atoms with Gasteiger partial charge in [-0.3, -0.25) is 14.4 Å². The van der Waals surface area contributed by atoms with E-state index in [1.165, 1.54) is 27.9 Å². The van der Waals surface area contributed by atoms with Crippen LogP contribution in [0.1, 0.15) is 38.1 Å². The highest BCUT2D eigenvalue weighted by molar-refractivity contribution is 5.91. The number of carbonyl (C=O) groups is 4. The van der Waals surface area contributed by atoms with Crippen LogP contribution in [-0.2, 0) is 38.1 Å². The van der Waals surface area contributed by atoms with Gasteiger partial charge in [-0.05, 0) is 30.7 Å². The van der Waals surface area contributed by atoms with Gasteiger partial charge >= 0.3 is 23.9 Å². The predicted molar refractivity (Wildman–Crippen MR) is 125 cm³/mol. The van der Waals surface area contributed by atoms with E-state index >= 15 is 0 Å². The predicted octanol–water partition coefficient (Wildman–Crippen LogP) is 3.06. The molecule has 0 bridgehead atoms. The van der Waals surface area contributed by atoms with Gasteiger partial charge in [0.2, 0.25) is 12.4 Å². The molecule has 0 saturated carbocycles. The summed E-state index contributed by atoms with van der Waals surface area (Å²) < 4.78 is 33.1. The second kappa shape index (κ2) is 11.7. The molecular formula is C26H28O10. The number of hydrogen-bond donors (Lipinski definition) is 0. The van der Waals surface area contributed by atoms with E-state index in [0.717, 1.165) is 0 Å². The smallest absolute Gasteiger partial charge is 0.337 e. The van der Waals surface area contributed by atoms with Crippen molar-refractivity contribution in [2.24, 2.45) is 0 Å². The van der Waals surface area contributed by atoms with E-state index < -0.39 is 54.6 Å². The molecule has 0 aliphatic carbocycles. The van der Waals surface area contributed by atoms with Crippen molar-refractivity contribution in [3.63, 3.8) is 0 Å². The monoisotopic (exact) mass is 500 g/mol. The van der Waals surface area contributed by atoms with Gasteiger partial charge in [0.25, 0.3) is 0 Å². The third-order valence-corrected chi connectivity index (χ3v) is 5.36. The highest BCUT2D eigenvalue weighted by Crippen LogP contribution is 2.35. The quantitative estimate of drug-likeness (QED) is 0.414. The van der Waals surface area contributed by atoms with Crippen LogP contribution in [0.4, 0.5) is 0 Å². The van der Waals surface area contributed by atoms with Crippen LogP contribution in [0.25, 0.3) is 11.1 Å². The molecule has 192 valence electrons. The summed E-state index contributed by atoms with van der Waals surface area (Å²) in [6, 6.07) is 13.8. The summed E-state index contributed by atoms with van der Waals surface area (Å²) in [4.78, 5) is 47.5. The lowest BCUT2D eigenvalue weighted by atomic mass is 9.98. The molecule has 1 aliphatic heterocycles. The van der Waals surface area contributed by atoms with Crippen molar-refractivity contribution in [3.05, 3.63) is 54.1 Å². The maximum atomic E-state index is 12.0. The number of para-hydroxylation sites is 1. The van der Waals surface area contributed by atoms with E-state index in [0.29, 0.717) is 22.4 Å². The maximum absolute atomic E-state index is 12.0. The molecule has 10 nitrogen and oxygen atoms in total. The molecule has 1 aliphatic rings. The Hall–Kier alpha value is -3.92. The fraction of sp³-hybridized carbons (Fsp3) is 0.385. The number of esters is 4. The van der Waals surface area contributed by atoms with Crippen molar-refractivity contribution < 1.29 is 47.6 Å². The summed E-state index contributed by atoms with van der Waals surface area (Å²) in [7, 11) is 1.30. The van der Waals surface area contributed by atoms with E-state index in [4.69, 9.17) is 28.4 Å². The average molecular weight is 501 g/mol. The van der Waals surface area contributed by atoms with Crippen molar-refractivity contribution in [2.75, 3.05) is 7.11 Å². The first kappa shape index (κ1) is 26.7. The number of ether oxygens (including phenoxy) is 6. The summed E-state index contributed by atoms with van der Waals surface area (Å²) in [6.07, 6.45) is -5.46.